The van der Waals surface area contributed by atoms with Crippen molar-refractivity contribution in [3.63, 3.8) is 0 Å². The molecular formula is C15H13NO2. The van der Waals surface area contributed by atoms with E-state index in [1.165, 1.54) is 6.08 Å². The van der Waals surface area contributed by atoms with Crippen molar-refractivity contribution in [1.82, 2.24) is 4.98 Å². The van der Waals surface area contributed by atoms with Gasteiger partial charge in [-0.2, -0.15) is 0 Å². The molecule has 18 heavy (non-hydrogen) atoms. The van der Waals surface area contributed by atoms with Crippen LogP contribution in [-0.4, -0.2) is 17.9 Å². The smallest absolute Gasteiger partial charge is 0.204 e. The molecule has 2 rings (SSSR count). The highest BCUT2D eigenvalue weighted by molar-refractivity contribution is 6.05. The second kappa shape index (κ2) is 5.77. The summed E-state index contributed by atoms with van der Waals surface area (Å²) in [7, 11) is 1.61. The van der Waals surface area contributed by atoms with Crippen LogP contribution in [0.25, 0.3) is 6.08 Å². The largest absolute Gasteiger partial charge is 0.497 e. The minimum Gasteiger partial charge on any atom is -0.497 e. The van der Waals surface area contributed by atoms with Gasteiger partial charge in [0.25, 0.3) is 0 Å². The molecule has 1 heterocycles. The molecule has 0 bridgehead atoms. The quantitative estimate of drug-likeness (QED) is 0.608. The van der Waals surface area contributed by atoms with Crippen LogP contribution < -0.4 is 4.74 Å². The van der Waals surface area contributed by atoms with E-state index in [0.717, 1.165) is 11.3 Å². The third kappa shape index (κ3) is 3.04. The Hall–Kier alpha value is -2.42. The number of benzene rings is 1. The topological polar surface area (TPSA) is 39.2 Å². The number of allylic oxidation sites excluding steroid dienone is 1. The van der Waals surface area contributed by atoms with E-state index in [2.05, 4.69) is 4.98 Å². The number of carbonyl (C=O) groups excluding carboxylic acids is 1. The normalized spacial score (nSPS) is 10.5. The summed E-state index contributed by atoms with van der Waals surface area (Å²) in [6, 6.07) is 12.8. The minimum absolute atomic E-state index is 0.113. The molecule has 0 saturated carbocycles. The minimum atomic E-state index is -0.113. The van der Waals surface area contributed by atoms with E-state index in [4.69, 9.17) is 4.74 Å². The Morgan fingerprint density at radius 2 is 2.11 bits per heavy atom. The molecule has 0 aliphatic carbocycles. The van der Waals surface area contributed by atoms with Gasteiger partial charge in [0.15, 0.2) is 0 Å². The third-order valence-electron chi connectivity index (χ3n) is 2.44. The summed E-state index contributed by atoms with van der Waals surface area (Å²) in [4.78, 5) is 15.8. The SMILES string of the molecule is COc1cccc(/C=C/C(=O)c2ccccn2)c1. The first-order valence-electron chi connectivity index (χ1n) is 5.57. The average Bonchev–Trinajstić information content (AvgIpc) is 2.46. The van der Waals surface area contributed by atoms with Gasteiger partial charge >= 0.3 is 0 Å². The van der Waals surface area contributed by atoms with Gasteiger partial charge in [0.1, 0.15) is 11.4 Å². The Bertz CT molecular complexity index is 562. The highest BCUT2D eigenvalue weighted by Gasteiger charge is 2.01. The zero-order valence-corrected chi connectivity index (χ0v) is 10.0. The molecule has 2 aromatic rings. The molecule has 3 heteroatoms. The molecule has 0 saturated heterocycles. The Balaban J connectivity index is 2.13. The summed E-state index contributed by atoms with van der Waals surface area (Å²) < 4.78 is 5.12. The second-order valence-electron chi connectivity index (χ2n) is 3.69. The number of nitrogens with zero attached hydrogens (tertiary/aromatic N) is 1. The van der Waals surface area contributed by atoms with Crippen LogP contribution in [0.1, 0.15) is 16.1 Å². The van der Waals surface area contributed by atoms with Gasteiger partial charge in [-0.15, -0.1) is 0 Å². The van der Waals surface area contributed by atoms with Gasteiger partial charge in [-0.05, 0) is 35.9 Å². The zero-order chi connectivity index (χ0) is 12.8. The van der Waals surface area contributed by atoms with Gasteiger partial charge < -0.3 is 4.74 Å². The third-order valence-corrected chi connectivity index (χ3v) is 2.44. The summed E-state index contributed by atoms with van der Waals surface area (Å²) in [6.07, 6.45) is 4.86. The number of rotatable bonds is 4. The van der Waals surface area contributed by atoms with E-state index < -0.39 is 0 Å². The van der Waals surface area contributed by atoms with Crippen molar-refractivity contribution >= 4 is 11.9 Å². The number of hydrogen-bond donors (Lipinski definition) is 0. The highest BCUT2D eigenvalue weighted by atomic mass is 16.5. The zero-order valence-electron chi connectivity index (χ0n) is 10.0. The second-order valence-corrected chi connectivity index (χ2v) is 3.69. The van der Waals surface area contributed by atoms with Gasteiger partial charge in [0, 0.05) is 6.20 Å². The van der Waals surface area contributed by atoms with Crippen molar-refractivity contribution in [1.29, 1.82) is 0 Å². The van der Waals surface area contributed by atoms with Gasteiger partial charge in [-0.3, -0.25) is 9.78 Å². The Kier molecular flexibility index (Phi) is 3.86. The van der Waals surface area contributed by atoms with Crippen molar-refractivity contribution in [3.8, 4) is 5.75 Å². The molecule has 90 valence electrons. The Morgan fingerprint density at radius 3 is 2.83 bits per heavy atom. The van der Waals surface area contributed by atoms with E-state index in [9.17, 15) is 4.79 Å². The number of aromatic nitrogens is 1. The molecule has 0 fully saturated rings. The molecule has 0 aliphatic rings. The van der Waals surface area contributed by atoms with Crippen LogP contribution >= 0.6 is 0 Å². The van der Waals surface area contributed by atoms with Crippen molar-refractivity contribution in [2.45, 2.75) is 0 Å². The maximum atomic E-state index is 11.8. The van der Waals surface area contributed by atoms with Gasteiger partial charge in [0.05, 0.1) is 7.11 Å². The average molecular weight is 239 g/mol. The van der Waals surface area contributed by atoms with Crippen LogP contribution in [0.3, 0.4) is 0 Å². The number of pyridine rings is 1. The van der Waals surface area contributed by atoms with Crippen LogP contribution in [-0.2, 0) is 0 Å². The van der Waals surface area contributed by atoms with Crippen LogP contribution in [0.5, 0.6) is 5.75 Å². The highest BCUT2D eigenvalue weighted by Crippen LogP contribution is 2.13. The summed E-state index contributed by atoms with van der Waals surface area (Å²) in [5, 5.41) is 0. The van der Waals surface area contributed by atoms with Crippen molar-refractivity contribution in [2.24, 2.45) is 0 Å². The standard InChI is InChI=1S/C15H13NO2/c1-18-13-6-4-5-12(11-13)8-9-15(17)14-7-2-3-10-16-14/h2-11H,1H3/b9-8+. The lowest BCUT2D eigenvalue weighted by molar-refractivity contribution is 0.104. The predicted molar refractivity (Wildman–Crippen MR) is 70.6 cm³/mol. The first kappa shape index (κ1) is 12.0. The molecule has 0 radical (unpaired) electrons. The molecule has 0 aliphatic heterocycles. The van der Waals surface area contributed by atoms with Gasteiger partial charge in [-0.25, -0.2) is 0 Å². The molecule has 1 aromatic heterocycles. The molecule has 0 N–H and O–H groups in total. The summed E-state index contributed by atoms with van der Waals surface area (Å²) >= 11 is 0. The maximum Gasteiger partial charge on any atom is 0.204 e. The lowest BCUT2D eigenvalue weighted by Gasteiger charge is -1.99. The molecule has 3 nitrogen and oxygen atoms in total. The monoisotopic (exact) mass is 239 g/mol. The molecule has 0 amide bonds. The van der Waals surface area contributed by atoms with E-state index in [1.807, 2.05) is 24.3 Å². The van der Waals surface area contributed by atoms with Crippen LogP contribution in [0.15, 0.2) is 54.7 Å². The van der Waals surface area contributed by atoms with Crippen LogP contribution in [0.4, 0.5) is 0 Å². The van der Waals surface area contributed by atoms with Crippen LogP contribution in [0, 0.1) is 0 Å². The summed E-state index contributed by atoms with van der Waals surface area (Å²) in [5.74, 6) is 0.654. The summed E-state index contributed by atoms with van der Waals surface area (Å²) in [5.41, 5.74) is 1.36. The van der Waals surface area contributed by atoms with E-state index in [-0.39, 0.29) is 5.78 Å². The Labute approximate surface area is 106 Å². The summed E-state index contributed by atoms with van der Waals surface area (Å²) in [6.45, 7) is 0. The van der Waals surface area contributed by atoms with E-state index in [0.29, 0.717) is 5.69 Å². The first-order chi connectivity index (χ1) is 8.79. The number of carbonyl (C=O) groups is 1. The van der Waals surface area contributed by atoms with Crippen molar-refractivity contribution in [3.05, 3.63) is 66.0 Å². The Morgan fingerprint density at radius 1 is 1.22 bits per heavy atom. The number of methoxy groups -OCH3 is 1. The lowest BCUT2D eigenvalue weighted by atomic mass is 10.1. The van der Waals surface area contributed by atoms with E-state index in [1.54, 1.807) is 37.6 Å². The van der Waals surface area contributed by atoms with Gasteiger partial charge in [-0.1, -0.05) is 24.3 Å². The molecule has 0 atom stereocenters. The molecule has 0 unspecified atom stereocenters. The predicted octanol–water partition coefficient (Wildman–Crippen LogP) is 2.99. The fourth-order valence-corrected chi connectivity index (χ4v) is 1.51. The maximum absolute atomic E-state index is 11.8. The van der Waals surface area contributed by atoms with Crippen LogP contribution in [0.2, 0.25) is 0 Å². The number of ketones is 1. The lowest BCUT2D eigenvalue weighted by Crippen LogP contribution is -1.96. The molecule has 0 spiro atoms. The van der Waals surface area contributed by atoms with Crippen molar-refractivity contribution < 1.29 is 9.53 Å². The van der Waals surface area contributed by atoms with Gasteiger partial charge in [0.2, 0.25) is 5.78 Å². The molecule has 1 aromatic carbocycles. The fourth-order valence-electron chi connectivity index (χ4n) is 1.51. The number of hydrogen-bond acceptors (Lipinski definition) is 3. The molecular weight excluding hydrogens is 226 g/mol. The van der Waals surface area contributed by atoms with E-state index >= 15 is 0 Å². The fraction of sp³-hybridized carbons (Fsp3) is 0.0667. The number of ether oxygens (including phenoxy) is 1. The first-order valence-corrected chi connectivity index (χ1v) is 5.57. The van der Waals surface area contributed by atoms with Crippen molar-refractivity contribution in [2.75, 3.05) is 7.11 Å².